The van der Waals surface area contributed by atoms with Gasteiger partial charge in [-0.15, -0.1) is 0 Å². The van der Waals surface area contributed by atoms with Crippen molar-refractivity contribution < 1.29 is 18.3 Å². The zero-order chi connectivity index (χ0) is 18.5. The lowest BCUT2D eigenvalue weighted by molar-refractivity contribution is 0.140. The first kappa shape index (κ1) is 18.1. The van der Waals surface area contributed by atoms with Crippen molar-refractivity contribution in [1.82, 2.24) is 0 Å². The number of ether oxygens (including phenoxy) is 2. The van der Waals surface area contributed by atoms with E-state index in [4.69, 9.17) is 15.2 Å². The summed E-state index contributed by atoms with van der Waals surface area (Å²) in [4.78, 5) is 4.21. The zero-order valence-corrected chi connectivity index (χ0v) is 14.5. The minimum Gasteiger partial charge on any atom is -0.488 e. The maximum absolute atomic E-state index is 13.7. The highest BCUT2D eigenvalue weighted by molar-refractivity contribution is 5.92. The number of aryl methyl sites for hydroxylation is 1. The number of benzene rings is 2. The topological polar surface area (TPSA) is 68.9 Å². The average molecular weight is 361 g/mol. The van der Waals surface area contributed by atoms with E-state index in [2.05, 4.69) is 10.3 Å². The van der Waals surface area contributed by atoms with E-state index in [1.165, 1.54) is 0 Å². The molecule has 1 aliphatic rings. The highest BCUT2D eigenvalue weighted by atomic mass is 19.1. The summed E-state index contributed by atoms with van der Waals surface area (Å²) in [6, 6.07) is 8.91. The summed E-state index contributed by atoms with van der Waals surface area (Å²) in [6.07, 6.45) is 0.871. The molecule has 0 bridgehead atoms. The molecule has 0 saturated carbocycles. The smallest absolute Gasteiger partial charge is 0.193 e. The van der Waals surface area contributed by atoms with Gasteiger partial charge in [-0.25, -0.2) is 13.8 Å². The maximum atomic E-state index is 13.7. The number of halogens is 2. The van der Waals surface area contributed by atoms with Crippen LogP contribution in [0.2, 0.25) is 0 Å². The lowest BCUT2D eigenvalue weighted by atomic mass is 10.1. The Labute approximate surface area is 150 Å². The third-order valence-corrected chi connectivity index (χ3v) is 4.02. The summed E-state index contributed by atoms with van der Waals surface area (Å²) in [7, 11) is 0. The van der Waals surface area contributed by atoms with Gasteiger partial charge in [0.1, 0.15) is 23.5 Å². The fraction of sp³-hybridized carbons (Fsp3) is 0.316. The highest BCUT2D eigenvalue weighted by Crippen LogP contribution is 2.24. The molecule has 0 aromatic heterocycles. The van der Waals surface area contributed by atoms with Gasteiger partial charge in [-0.1, -0.05) is 12.1 Å². The van der Waals surface area contributed by atoms with Crippen molar-refractivity contribution in [2.75, 3.05) is 18.5 Å². The predicted octanol–water partition coefficient (Wildman–Crippen LogP) is 3.37. The van der Waals surface area contributed by atoms with Crippen LogP contribution in [0.5, 0.6) is 5.75 Å². The molecule has 1 unspecified atom stereocenters. The van der Waals surface area contributed by atoms with Crippen LogP contribution in [0.1, 0.15) is 17.5 Å². The van der Waals surface area contributed by atoms with E-state index in [0.717, 1.165) is 41.5 Å². The van der Waals surface area contributed by atoms with Crippen LogP contribution in [-0.4, -0.2) is 25.3 Å². The van der Waals surface area contributed by atoms with E-state index in [0.29, 0.717) is 13.2 Å². The van der Waals surface area contributed by atoms with Gasteiger partial charge in [0.05, 0.1) is 25.4 Å². The fourth-order valence-electron chi connectivity index (χ4n) is 2.63. The summed E-state index contributed by atoms with van der Waals surface area (Å²) in [5.74, 6) is -0.445. The summed E-state index contributed by atoms with van der Waals surface area (Å²) >= 11 is 0. The predicted molar refractivity (Wildman–Crippen MR) is 96.3 cm³/mol. The van der Waals surface area contributed by atoms with E-state index in [1.807, 2.05) is 25.1 Å². The highest BCUT2D eigenvalue weighted by Gasteiger charge is 2.18. The number of aliphatic imine (C=N–C) groups is 1. The molecule has 0 radical (unpaired) electrons. The summed E-state index contributed by atoms with van der Waals surface area (Å²) in [5, 5.41) is 2.58. The number of anilines is 1. The van der Waals surface area contributed by atoms with Crippen molar-refractivity contribution in [2.45, 2.75) is 26.0 Å². The molecule has 0 aliphatic carbocycles. The molecule has 1 fully saturated rings. The van der Waals surface area contributed by atoms with Crippen molar-refractivity contribution in [3.8, 4) is 5.75 Å². The molecule has 2 aromatic carbocycles. The zero-order valence-electron chi connectivity index (χ0n) is 14.5. The van der Waals surface area contributed by atoms with Crippen molar-refractivity contribution in [3.63, 3.8) is 0 Å². The molecule has 138 valence electrons. The second-order valence-corrected chi connectivity index (χ2v) is 6.17. The number of rotatable bonds is 5. The van der Waals surface area contributed by atoms with Gasteiger partial charge in [0, 0.05) is 18.1 Å². The Balaban J connectivity index is 1.71. The van der Waals surface area contributed by atoms with Gasteiger partial charge in [-0.05, 0) is 30.7 Å². The van der Waals surface area contributed by atoms with Gasteiger partial charge < -0.3 is 20.5 Å². The maximum Gasteiger partial charge on any atom is 0.193 e. The Bertz CT molecular complexity index is 805. The van der Waals surface area contributed by atoms with Crippen LogP contribution in [0, 0.1) is 18.6 Å². The molecule has 1 atom stereocenters. The number of nitrogens with zero attached hydrogens (tertiary/aromatic N) is 1. The van der Waals surface area contributed by atoms with Crippen LogP contribution < -0.4 is 15.8 Å². The van der Waals surface area contributed by atoms with Crippen LogP contribution in [0.3, 0.4) is 0 Å². The lowest BCUT2D eigenvalue weighted by Crippen LogP contribution is -2.23. The first-order valence-corrected chi connectivity index (χ1v) is 8.37. The second-order valence-electron chi connectivity index (χ2n) is 6.17. The molecule has 1 saturated heterocycles. The molecule has 26 heavy (non-hydrogen) atoms. The number of guanidine groups is 1. The Morgan fingerprint density at radius 3 is 2.92 bits per heavy atom. The van der Waals surface area contributed by atoms with E-state index in [1.54, 1.807) is 0 Å². The molecule has 2 aromatic rings. The quantitative estimate of drug-likeness (QED) is 0.633. The van der Waals surface area contributed by atoms with Gasteiger partial charge in [0.15, 0.2) is 5.96 Å². The van der Waals surface area contributed by atoms with Crippen LogP contribution in [0.4, 0.5) is 14.5 Å². The SMILES string of the molecule is Cc1ccc(CN=C(N)Nc2cc(F)ccc2F)c(OC2CCOC2)c1. The molecule has 1 aliphatic heterocycles. The Morgan fingerprint density at radius 2 is 2.15 bits per heavy atom. The molecule has 0 spiro atoms. The number of nitrogens with two attached hydrogens (primary N) is 1. The first-order chi connectivity index (χ1) is 12.5. The van der Waals surface area contributed by atoms with Crippen LogP contribution in [-0.2, 0) is 11.3 Å². The third kappa shape index (κ3) is 4.70. The van der Waals surface area contributed by atoms with Crippen molar-refractivity contribution in [1.29, 1.82) is 0 Å². The summed E-state index contributed by atoms with van der Waals surface area (Å²) in [6.45, 7) is 3.49. The summed E-state index contributed by atoms with van der Waals surface area (Å²) < 4.78 is 38.2. The molecule has 3 N–H and O–H groups in total. The van der Waals surface area contributed by atoms with Gasteiger partial charge in [-0.2, -0.15) is 0 Å². The lowest BCUT2D eigenvalue weighted by Gasteiger charge is -2.16. The number of nitrogens with one attached hydrogen (secondary N) is 1. The van der Waals surface area contributed by atoms with Crippen LogP contribution >= 0.6 is 0 Å². The largest absolute Gasteiger partial charge is 0.488 e. The summed E-state index contributed by atoms with van der Waals surface area (Å²) in [5.41, 5.74) is 7.67. The molecule has 1 heterocycles. The normalized spacial score (nSPS) is 17.3. The molecule has 5 nitrogen and oxygen atoms in total. The van der Waals surface area contributed by atoms with Crippen molar-refractivity contribution in [2.24, 2.45) is 10.7 Å². The van der Waals surface area contributed by atoms with Crippen molar-refractivity contribution in [3.05, 3.63) is 59.2 Å². The molecule has 7 heteroatoms. The third-order valence-electron chi connectivity index (χ3n) is 4.02. The number of hydrogen-bond donors (Lipinski definition) is 2. The van der Waals surface area contributed by atoms with Crippen LogP contribution in [0.15, 0.2) is 41.4 Å². The van der Waals surface area contributed by atoms with E-state index >= 15 is 0 Å². The van der Waals surface area contributed by atoms with Gasteiger partial charge >= 0.3 is 0 Å². The van der Waals surface area contributed by atoms with E-state index in [-0.39, 0.29) is 24.3 Å². The molecular weight excluding hydrogens is 340 g/mol. The van der Waals surface area contributed by atoms with E-state index < -0.39 is 11.6 Å². The van der Waals surface area contributed by atoms with Crippen molar-refractivity contribution >= 4 is 11.6 Å². The molecule has 3 rings (SSSR count). The minimum absolute atomic E-state index is 0.00905. The average Bonchev–Trinajstić information content (AvgIpc) is 3.10. The molecular formula is C19H21F2N3O2. The molecule has 0 amide bonds. The minimum atomic E-state index is -0.606. The monoisotopic (exact) mass is 361 g/mol. The Hall–Kier alpha value is -2.67. The fourth-order valence-corrected chi connectivity index (χ4v) is 2.63. The van der Waals surface area contributed by atoms with Crippen LogP contribution in [0.25, 0.3) is 0 Å². The Morgan fingerprint density at radius 1 is 1.31 bits per heavy atom. The van der Waals surface area contributed by atoms with Gasteiger partial charge in [0.2, 0.25) is 0 Å². The van der Waals surface area contributed by atoms with Gasteiger partial charge in [-0.3, -0.25) is 0 Å². The number of hydrogen-bond acceptors (Lipinski definition) is 3. The first-order valence-electron chi connectivity index (χ1n) is 8.37. The van der Waals surface area contributed by atoms with E-state index in [9.17, 15) is 8.78 Å². The standard InChI is InChI=1S/C19H21F2N3O2/c1-12-2-3-13(18(8-12)26-15-6-7-25-11-15)10-23-19(22)24-17-9-14(20)4-5-16(17)21/h2-5,8-9,15H,6-7,10-11H2,1H3,(H3,22,23,24). The van der Waals surface area contributed by atoms with Gasteiger partial charge in [0.25, 0.3) is 0 Å². The Kier molecular flexibility index (Phi) is 5.68. The second kappa shape index (κ2) is 8.14.